The molecule has 1 amide bonds. The van der Waals surface area contributed by atoms with Crippen LogP contribution in [0.3, 0.4) is 0 Å². The first-order chi connectivity index (χ1) is 7.56. The van der Waals surface area contributed by atoms with Crippen molar-refractivity contribution >= 4 is 23.1 Å². The first-order valence-electron chi connectivity index (χ1n) is 6.14. The van der Waals surface area contributed by atoms with E-state index in [0.717, 1.165) is 31.8 Å². The van der Waals surface area contributed by atoms with E-state index in [1.54, 1.807) is 0 Å². The van der Waals surface area contributed by atoms with Crippen LogP contribution < -0.4 is 5.73 Å². The summed E-state index contributed by atoms with van der Waals surface area (Å²) in [6.45, 7) is 5.93. The van der Waals surface area contributed by atoms with Crippen molar-refractivity contribution in [3.63, 3.8) is 0 Å². The summed E-state index contributed by atoms with van der Waals surface area (Å²) in [7, 11) is 0. The van der Waals surface area contributed by atoms with Crippen LogP contribution in [0.15, 0.2) is 0 Å². The Bertz CT molecular complexity index is 268. The Balaban J connectivity index is 2.61. The van der Waals surface area contributed by atoms with Gasteiger partial charge in [-0.25, -0.2) is 0 Å². The van der Waals surface area contributed by atoms with Crippen LogP contribution in [0.1, 0.15) is 39.5 Å². The average Bonchev–Trinajstić information content (AvgIpc) is 2.43. The minimum atomic E-state index is -0.261. The zero-order valence-electron chi connectivity index (χ0n) is 10.2. The van der Waals surface area contributed by atoms with Gasteiger partial charge in [0.05, 0.1) is 10.9 Å². The van der Waals surface area contributed by atoms with Crippen LogP contribution in [0, 0.1) is 11.8 Å². The van der Waals surface area contributed by atoms with Gasteiger partial charge >= 0.3 is 0 Å². The molecule has 1 heterocycles. The number of likely N-dealkylation sites (tertiary alicyclic amines) is 1. The van der Waals surface area contributed by atoms with Gasteiger partial charge in [-0.05, 0) is 31.6 Å². The summed E-state index contributed by atoms with van der Waals surface area (Å²) in [4.78, 5) is 14.5. The summed E-state index contributed by atoms with van der Waals surface area (Å²) in [5.41, 5.74) is 5.61. The van der Waals surface area contributed by atoms with Gasteiger partial charge in [-0.15, -0.1) is 0 Å². The highest BCUT2D eigenvalue weighted by molar-refractivity contribution is 7.80. The van der Waals surface area contributed by atoms with Gasteiger partial charge in [0, 0.05) is 13.1 Å². The normalized spacial score (nSPS) is 23.6. The van der Waals surface area contributed by atoms with Crippen molar-refractivity contribution in [2.75, 3.05) is 13.1 Å². The molecule has 1 aliphatic heterocycles. The van der Waals surface area contributed by atoms with Crippen LogP contribution in [0.5, 0.6) is 0 Å². The van der Waals surface area contributed by atoms with Crippen LogP contribution in [-0.4, -0.2) is 28.9 Å². The fourth-order valence-corrected chi connectivity index (χ4v) is 2.47. The number of carbonyl (C=O) groups excluding carboxylic acids is 1. The Kier molecular flexibility index (Phi) is 5.19. The smallest absolute Gasteiger partial charge is 0.232 e. The zero-order valence-corrected chi connectivity index (χ0v) is 11.1. The van der Waals surface area contributed by atoms with Gasteiger partial charge in [-0.1, -0.05) is 26.1 Å². The summed E-state index contributed by atoms with van der Waals surface area (Å²) in [6.07, 6.45) is 4.12. The quantitative estimate of drug-likeness (QED) is 0.769. The molecule has 1 aliphatic rings. The second-order valence-corrected chi connectivity index (χ2v) is 5.20. The molecule has 0 spiro atoms. The Morgan fingerprint density at radius 2 is 2.19 bits per heavy atom. The largest absolute Gasteiger partial charge is 0.393 e. The third kappa shape index (κ3) is 3.44. The Hall–Kier alpha value is -0.640. The minimum Gasteiger partial charge on any atom is -0.393 e. The van der Waals surface area contributed by atoms with E-state index in [4.69, 9.17) is 18.0 Å². The van der Waals surface area contributed by atoms with Crippen LogP contribution in [0.25, 0.3) is 0 Å². The number of hydrogen-bond acceptors (Lipinski definition) is 2. The Morgan fingerprint density at radius 1 is 1.50 bits per heavy atom. The molecule has 0 aromatic rings. The van der Waals surface area contributed by atoms with E-state index >= 15 is 0 Å². The number of amides is 1. The topological polar surface area (TPSA) is 46.3 Å². The lowest BCUT2D eigenvalue weighted by Gasteiger charge is -2.25. The van der Waals surface area contributed by atoms with E-state index in [-0.39, 0.29) is 11.8 Å². The van der Waals surface area contributed by atoms with Crippen molar-refractivity contribution in [2.45, 2.75) is 39.5 Å². The zero-order chi connectivity index (χ0) is 12.1. The molecule has 1 rings (SSSR count). The van der Waals surface area contributed by atoms with Crippen molar-refractivity contribution in [2.24, 2.45) is 17.6 Å². The van der Waals surface area contributed by atoms with Crippen molar-refractivity contribution in [3.8, 4) is 0 Å². The standard InChI is InChI=1S/C12H22N2OS/c1-3-10(11(13)16)12(15)14-7-4-5-9(2)6-8-14/h9-10H,3-8H2,1-2H3,(H2,13,16). The van der Waals surface area contributed by atoms with E-state index in [9.17, 15) is 4.79 Å². The van der Waals surface area contributed by atoms with Crippen LogP contribution in [0.4, 0.5) is 0 Å². The molecule has 2 atom stereocenters. The molecule has 0 radical (unpaired) electrons. The molecule has 2 unspecified atom stereocenters. The summed E-state index contributed by atoms with van der Waals surface area (Å²) in [6, 6.07) is 0. The van der Waals surface area contributed by atoms with Gasteiger partial charge in [0.15, 0.2) is 0 Å². The molecule has 2 N–H and O–H groups in total. The monoisotopic (exact) mass is 242 g/mol. The molecule has 16 heavy (non-hydrogen) atoms. The molecule has 0 aromatic carbocycles. The van der Waals surface area contributed by atoms with Gasteiger partial charge in [0.2, 0.25) is 5.91 Å². The molecule has 4 heteroatoms. The Labute approximate surface area is 103 Å². The average molecular weight is 242 g/mol. The van der Waals surface area contributed by atoms with Crippen LogP contribution in [-0.2, 0) is 4.79 Å². The van der Waals surface area contributed by atoms with Gasteiger partial charge in [0.1, 0.15) is 0 Å². The molecule has 0 aliphatic carbocycles. The van der Waals surface area contributed by atoms with Crippen molar-refractivity contribution in [1.82, 2.24) is 4.90 Å². The second kappa shape index (κ2) is 6.18. The number of rotatable bonds is 3. The third-order valence-electron chi connectivity index (χ3n) is 3.38. The Morgan fingerprint density at radius 3 is 2.75 bits per heavy atom. The number of carbonyl (C=O) groups is 1. The number of nitrogens with zero attached hydrogens (tertiary/aromatic N) is 1. The molecule has 0 aromatic heterocycles. The van der Waals surface area contributed by atoms with Crippen molar-refractivity contribution in [1.29, 1.82) is 0 Å². The van der Waals surface area contributed by atoms with Crippen molar-refractivity contribution < 1.29 is 4.79 Å². The van der Waals surface area contributed by atoms with Gasteiger partial charge in [0.25, 0.3) is 0 Å². The molecular formula is C12H22N2OS. The maximum atomic E-state index is 12.2. The molecule has 0 saturated carbocycles. The predicted octanol–water partition coefficient (Wildman–Crippen LogP) is 1.95. The van der Waals surface area contributed by atoms with E-state index in [1.807, 2.05) is 11.8 Å². The molecule has 3 nitrogen and oxygen atoms in total. The molecule has 92 valence electrons. The molecule has 1 saturated heterocycles. The maximum Gasteiger partial charge on any atom is 0.232 e. The van der Waals surface area contributed by atoms with E-state index in [1.165, 1.54) is 6.42 Å². The SMILES string of the molecule is CCC(C(=O)N1CCCC(C)CC1)C(N)=S. The fourth-order valence-electron chi connectivity index (χ4n) is 2.20. The number of nitrogens with two attached hydrogens (primary N) is 1. The highest BCUT2D eigenvalue weighted by Crippen LogP contribution is 2.19. The maximum absolute atomic E-state index is 12.2. The minimum absolute atomic E-state index is 0.129. The summed E-state index contributed by atoms with van der Waals surface area (Å²) in [5.74, 6) is 0.593. The van der Waals surface area contributed by atoms with Gasteiger partial charge in [-0.2, -0.15) is 0 Å². The predicted molar refractivity (Wildman–Crippen MR) is 70.2 cm³/mol. The lowest BCUT2D eigenvalue weighted by atomic mass is 10.0. The second-order valence-electron chi connectivity index (χ2n) is 4.72. The highest BCUT2D eigenvalue weighted by Gasteiger charge is 2.26. The number of hydrogen-bond donors (Lipinski definition) is 1. The summed E-state index contributed by atoms with van der Waals surface area (Å²) < 4.78 is 0. The van der Waals surface area contributed by atoms with E-state index in [2.05, 4.69) is 6.92 Å². The van der Waals surface area contributed by atoms with Crippen molar-refractivity contribution in [3.05, 3.63) is 0 Å². The van der Waals surface area contributed by atoms with Gasteiger partial charge in [-0.3, -0.25) is 4.79 Å². The van der Waals surface area contributed by atoms with Crippen LogP contribution >= 0.6 is 12.2 Å². The molecular weight excluding hydrogens is 220 g/mol. The first-order valence-corrected chi connectivity index (χ1v) is 6.55. The van der Waals surface area contributed by atoms with Crippen LogP contribution in [0.2, 0.25) is 0 Å². The first kappa shape index (κ1) is 13.4. The lowest BCUT2D eigenvalue weighted by Crippen LogP contribution is -2.41. The van der Waals surface area contributed by atoms with Gasteiger partial charge < -0.3 is 10.6 Å². The summed E-state index contributed by atoms with van der Waals surface area (Å²) in [5, 5.41) is 0. The van der Waals surface area contributed by atoms with E-state index in [0.29, 0.717) is 11.4 Å². The number of thiocarbonyl (C=S) groups is 1. The molecule has 1 fully saturated rings. The fraction of sp³-hybridized carbons (Fsp3) is 0.833. The third-order valence-corrected chi connectivity index (χ3v) is 3.66. The lowest BCUT2D eigenvalue weighted by molar-refractivity contribution is -0.133. The highest BCUT2D eigenvalue weighted by atomic mass is 32.1. The molecule has 0 bridgehead atoms. The van der Waals surface area contributed by atoms with E-state index < -0.39 is 0 Å². The summed E-state index contributed by atoms with van der Waals surface area (Å²) >= 11 is 4.95.